The number of carbonyl (C=O) groups is 2. The second kappa shape index (κ2) is 13.3. The van der Waals surface area contributed by atoms with E-state index >= 15 is 0 Å². The van der Waals surface area contributed by atoms with Gasteiger partial charge in [-0.05, 0) is 59.7 Å². The molecule has 9 heteroatoms. The van der Waals surface area contributed by atoms with E-state index in [-0.39, 0.29) is 22.8 Å². The first kappa shape index (κ1) is 29.2. The average molecular weight is 517 g/mol. The van der Waals surface area contributed by atoms with Crippen LogP contribution >= 0.6 is 0 Å². The summed E-state index contributed by atoms with van der Waals surface area (Å²) in [4.78, 5) is 24.3. The molecule has 2 aromatic rings. The van der Waals surface area contributed by atoms with E-state index in [0.717, 1.165) is 31.2 Å². The molecule has 2 aromatic carbocycles. The van der Waals surface area contributed by atoms with Crippen LogP contribution in [0.4, 0.5) is 16.2 Å². The van der Waals surface area contributed by atoms with E-state index in [4.69, 9.17) is 0 Å². The lowest BCUT2D eigenvalue weighted by molar-refractivity contribution is -0.120. The third-order valence-electron chi connectivity index (χ3n) is 5.97. The normalized spacial score (nSPS) is 12.5. The maximum atomic E-state index is 12.7. The molecule has 0 bridgehead atoms. The molecule has 0 saturated heterocycles. The van der Waals surface area contributed by atoms with Crippen molar-refractivity contribution < 1.29 is 18.0 Å². The lowest BCUT2D eigenvalue weighted by Crippen LogP contribution is -2.40. The minimum Gasteiger partial charge on any atom is -0.354 e. The van der Waals surface area contributed by atoms with E-state index in [1.165, 1.54) is 0 Å². The fourth-order valence-electron chi connectivity index (χ4n) is 3.57. The zero-order valence-corrected chi connectivity index (χ0v) is 22.8. The summed E-state index contributed by atoms with van der Waals surface area (Å²) in [6, 6.07) is 12.6. The molecule has 36 heavy (non-hydrogen) atoms. The van der Waals surface area contributed by atoms with Crippen LogP contribution in [0.25, 0.3) is 0 Å². The number of hydrogen-bond donors (Lipinski definition) is 4. The van der Waals surface area contributed by atoms with Crippen molar-refractivity contribution in [1.82, 2.24) is 10.6 Å². The molecule has 0 heterocycles. The fourth-order valence-corrected chi connectivity index (χ4v) is 4.63. The Balaban J connectivity index is 1.83. The van der Waals surface area contributed by atoms with E-state index in [9.17, 15) is 18.0 Å². The number of benzene rings is 2. The van der Waals surface area contributed by atoms with Gasteiger partial charge in [-0.3, -0.25) is 9.52 Å². The van der Waals surface area contributed by atoms with E-state index in [1.807, 2.05) is 12.1 Å². The number of nitrogens with one attached hydrogen (secondary N) is 4. The van der Waals surface area contributed by atoms with Gasteiger partial charge in [-0.25, -0.2) is 13.2 Å². The number of hydrogen-bond acceptors (Lipinski definition) is 4. The Hall–Kier alpha value is -3.07. The Morgan fingerprint density at radius 2 is 1.50 bits per heavy atom. The van der Waals surface area contributed by atoms with Crippen molar-refractivity contribution >= 4 is 33.3 Å². The highest BCUT2D eigenvalue weighted by molar-refractivity contribution is 7.92. The van der Waals surface area contributed by atoms with Gasteiger partial charge in [0.25, 0.3) is 10.0 Å². The second-order valence-electron chi connectivity index (χ2n) is 9.99. The van der Waals surface area contributed by atoms with Crippen LogP contribution in [0, 0.1) is 5.92 Å². The largest absolute Gasteiger partial charge is 0.354 e. The number of amides is 3. The molecule has 1 unspecified atom stereocenters. The summed E-state index contributed by atoms with van der Waals surface area (Å²) >= 11 is 0. The number of sulfonamides is 1. The molecule has 198 valence electrons. The van der Waals surface area contributed by atoms with Crippen molar-refractivity contribution in [3.63, 3.8) is 0 Å². The molecule has 0 spiro atoms. The average Bonchev–Trinajstić information content (AvgIpc) is 2.83. The molecule has 0 fully saturated rings. The molecule has 2 rings (SSSR count). The van der Waals surface area contributed by atoms with Crippen molar-refractivity contribution in [3.05, 3.63) is 54.1 Å². The number of anilines is 2. The van der Waals surface area contributed by atoms with Crippen LogP contribution in [-0.2, 0) is 20.2 Å². The SMILES string of the molecule is CCCCC(CC)CNC(=O)CNC(=O)Nc1ccc(NS(=O)(=O)c2ccc(C(C)(C)C)cc2)cc1. The van der Waals surface area contributed by atoms with E-state index in [0.29, 0.717) is 23.8 Å². The minimum atomic E-state index is -3.74. The van der Waals surface area contributed by atoms with Gasteiger partial charge in [-0.2, -0.15) is 0 Å². The van der Waals surface area contributed by atoms with Gasteiger partial charge in [0.05, 0.1) is 11.4 Å². The first-order chi connectivity index (χ1) is 16.9. The summed E-state index contributed by atoms with van der Waals surface area (Å²) in [6.45, 7) is 10.9. The van der Waals surface area contributed by atoms with Crippen molar-refractivity contribution in [2.45, 2.75) is 70.6 Å². The summed E-state index contributed by atoms with van der Waals surface area (Å²) in [6.07, 6.45) is 4.35. The van der Waals surface area contributed by atoms with Crippen molar-refractivity contribution in [3.8, 4) is 0 Å². The van der Waals surface area contributed by atoms with Gasteiger partial charge in [-0.15, -0.1) is 0 Å². The summed E-state index contributed by atoms with van der Waals surface area (Å²) < 4.78 is 28.0. The van der Waals surface area contributed by atoms with Gasteiger partial charge in [0.2, 0.25) is 5.91 Å². The summed E-state index contributed by atoms with van der Waals surface area (Å²) in [5, 5.41) is 8.04. The molecule has 4 N–H and O–H groups in total. The highest BCUT2D eigenvalue weighted by Crippen LogP contribution is 2.24. The Morgan fingerprint density at radius 1 is 0.889 bits per heavy atom. The van der Waals surface area contributed by atoms with Crippen molar-refractivity contribution in [2.24, 2.45) is 5.92 Å². The Kier molecular flexibility index (Phi) is 10.8. The molecule has 1 atom stereocenters. The zero-order valence-electron chi connectivity index (χ0n) is 22.0. The van der Waals surface area contributed by atoms with Gasteiger partial charge >= 0.3 is 6.03 Å². The third kappa shape index (κ3) is 9.53. The van der Waals surface area contributed by atoms with E-state index in [1.54, 1.807) is 36.4 Å². The minimum absolute atomic E-state index is 0.0684. The van der Waals surface area contributed by atoms with Crippen molar-refractivity contribution in [1.29, 1.82) is 0 Å². The molecular weight excluding hydrogens is 476 g/mol. The monoisotopic (exact) mass is 516 g/mol. The molecule has 0 radical (unpaired) electrons. The Bertz CT molecular complexity index is 1090. The van der Waals surface area contributed by atoms with Gasteiger partial charge in [-0.1, -0.05) is 66.0 Å². The maximum Gasteiger partial charge on any atom is 0.319 e. The lowest BCUT2D eigenvalue weighted by atomic mass is 9.87. The van der Waals surface area contributed by atoms with Crippen molar-refractivity contribution in [2.75, 3.05) is 23.1 Å². The quantitative estimate of drug-likeness (QED) is 0.309. The third-order valence-corrected chi connectivity index (χ3v) is 7.36. The second-order valence-corrected chi connectivity index (χ2v) is 11.7. The van der Waals surface area contributed by atoms with Gasteiger partial charge in [0.1, 0.15) is 0 Å². The maximum absolute atomic E-state index is 12.7. The zero-order chi connectivity index (χ0) is 26.8. The van der Waals surface area contributed by atoms with Gasteiger partial charge < -0.3 is 16.0 Å². The van der Waals surface area contributed by atoms with Crippen LogP contribution in [0.2, 0.25) is 0 Å². The molecule has 8 nitrogen and oxygen atoms in total. The van der Waals surface area contributed by atoms with Crippen LogP contribution in [0.3, 0.4) is 0 Å². The standard InChI is InChI=1S/C27H40N4O4S/c1-6-8-9-20(7-2)18-28-25(32)19-29-26(33)30-22-12-14-23(15-13-22)31-36(34,35)24-16-10-21(11-17-24)27(3,4)5/h10-17,20,31H,6-9,18-19H2,1-5H3,(H,28,32)(H2,29,30,33). The van der Waals surface area contributed by atoms with Crippen LogP contribution < -0.4 is 20.7 Å². The van der Waals surface area contributed by atoms with Crippen LogP contribution in [0.15, 0.2) is 53.4 Å². The highest BCUT2D eigenvalue weighted by Gasteiger charge is 2.18. The smallest absolute Gasteiger partial charge is 0.319 e. The number of unbranched alkanes of at least 4 members (excludes halogenated alkanes) is 1. The molecule has 0 aliphatic heterocycles. The van der Waals surface area contributed by atoms with Crippen LogP contribution in [0.1, 0.15) is 65.9 Å². The first-order valence-electron chi connectivity index (χ1n) is 12.5. The summed E-state index contributed by atoms with van der Waals surface area (Å²) in [5.74, 6) is 0.210. The van der Waals surface area contributed by atoms with Gasteiger partial charge in [0.15, 0.2) is 0 Å². The Morgan fingerprint density at radius 3 is 2.06 bits per heavy atom. The van der Waals surface area contributed by atoms with Crippen LogP contribution in [0.5, 0.6) is 0 Å². The molecule has 0 aliphatic rings. The molecular formula is C27H40N4O4S. The number of rotatable bonds is 12. The predicted octanol–water partition coefficient (Wildman–Crippen LogP) is 5.24. The topological polar surface area (TPSA) is 116 Å². The molecule has 0 aromatic heterocycles. The Labute approximate surface area is 215 Å². The van der Waals surface area contributed by atoms with E-state index in [2.05, 4.69) is 55.3 Å². The first-order valence-corrected chi connectivity index (χ1v) is 14.0. The highest BCUT2D eigenvalue weighted by atomic mass is 32.2. The molecule has 3 amide bonds. The van der Waals surface area contributed by atoms with Crippen LogP contribution in [-0.4, -0.2) is 33.4 Å². The summed E-state index contributed by atoms with van der Waals surface area (Å²) in [7, 11) is -3.74. The lowest BCUT2D eigenvalue weighted by Gasteiger charge is -2.19. The summed E-state index contributed by atoms with van der Waals surface area (Å²) in [5.41, 5.74) is 1.82. The van der Waals surface area contributed by atoms with E-state index < -0.39 is 16.1 Å². The molecule has 0 aliphatic carbocycles. The fraction of sp³-hybridized carbons (Fsp3) is 0.481. The number of carbonyl (C=O) groups excluding carboxylic acids is 2. The van der Waals surface area contributed by atoms with Gasteiger partial charge in [0, 0.05) is 17.9 Å². The predicted molar refractivity (Wildman–Crippen MR) is 146 cm³/mol. The number of urea groups is 1. The molecule has 0 saturated carbocycles.